The van der Waals surface area contributed by atoms with E-state index >= 15 is 0 Å². The van der Waals surface area contributed by atoms with Crippen molar-refractivity contribution < 1.29 is 27.4 Å². The van der Waals surface area contributed by atoms with Gasteiger partial charge in [0, 0.05) is 38.3 Å². The van der Waals surface area contributed by atoms with Crippen molar-refractivity contribution in [2.45, 2.75) is 24.7 Å². The molecule has 12 heteroatoms. The molecule has 0 spiro atoms. The van der Waals surface area contributed by atoms with Crippen LogP contribution >= 0.6 is 11.6 Å². The highest BCUT2D eigenvalue weighted by Gasteiger charge is 2.48. The number of benzene rings is 2. The number of ether oxygens (including phenoxy) is 2. The Kier molecular flexibility index (Phi) is 7.04. The van der Waals surface area contributed by atoms with Crippen molar-refractivity contribution in [2.75, 3.05) is 50.6 Å². The van der Waals surface area contributed by atoms with Crippen molar-refractivity contribution in [1.29, 1.82) is 0 Å². The van der Waals surface area contributed by atoms with Gasteiger partial charge >= 0.3 is 6.18 Å². The summed E-state index contributed by atoms with van der Waals surface area (Å²) in [5.74, 6) is 0.329. The SMILES string of the molecule is COc1ccc([C@H]2C[C@@H](C(F)(F)F)n3nc(C(=O)N4CCN(c5ccccc5)CC4)c(Cl)c3N2)cc1OC. The van der Waals surface area contributed by atoms with Gasteiger partial charge in [0.2, 0.25) is 0 Å². The summed E-state index contributed by atoms with van der Waals surface area (Å²) in [5.41, 5.74) is 1.42. The first kappa shape index (κ1) is 26.0. The van der Waals surface area contributed by atoms with E-state index in [1.165, 1.54) is 14.2 Å². The number of halogens is 4. The van der Waals surface area contributed by atoms with E-state index in [0.29, 0.717) is 43.2 Å². The van der Waals surface area contributed by atoms with Gasteiger partial charge in [-0.25, -0.2) is 4.68 Å². The number of amides is 1. The molecule has 2 aromatic carbocycles. The molecule has 2 aliphatic rings. The molecule has 1 amide bonds. The summed E-state index contributed by atoms with van der Waals surface area (Å²) >= 11 is 6.54. The molecule has 1 N–H and O–H groups in total. The highest BCUT2D eigenvalue weighted by molar-refractivity contribution is 6.36. The average molecular weight is 550 g/mol. The summed E-state index contributed by atoms with van der Waals surface area (Å²) in [5, 5.41) is 7.04. The second-order valence-electron chi connectivity index (χ2n) is 9.18. The van der Waals surface area contributed by atoms with Crippen molar-refractivity contribution >= 4 is 29.0 Å². The summed E-state index contributed by atoms with van der Waals surface area (Å²) in [6.45, 7) is 1.98. The molecule has 0 unspecified atom stereocenters. The smallest absolute Gasteiger partial charge is 0.410 e. The Morgan fingerprint density at radius 1 is 1.03 bits per heavy atom. The third-order valence-corrected chi connectivity index (χ3v) is 7.35. The molecule has 0 bridgehead atoms. The number of aromatic nitrogens is 2. The molecular formula is C26H27ClF3N5O3. The lowest BCUT2D eigenvalue weighted by Gasteiger charge is -2.35. The Morgan fingerprint density at radius 2 is 1.71 bits per heavy atom. The molecular weight excluding hydrogens is 523 g/mol. The van der Waals surface area contributed by atoms with Crippen molar-refractivity contribution in [1.82, 2.24) is 14.7 Å². The number of piperazine rings is 1. The zero-order valence-electron chi connectivity index (χ0n) is 20.8. The maximum absolute atomic E-state index is 14.2. The summed E-state index contributed by atoms with van der Waals surface area (Å²) in [6.07, 6.45) is -4.95. The van der Waals surface area contributed by atoms with Crippen molar-refractivity contribution in [3.63, 3.8) is 0 Å². The predicted octanol–water partition coefficient (Wildman–Crippen LogP) is 5.18. The number of nitrogens with one attached hydrogen (secondary N) is 1. The van der Waals surface area contributed by atoms with E-state index in [1.807, 2.05) is 30.3 Å². The lowest BCUT2D eigenvalue weighted by atomic mass is 9.96. The van der Waals surface area contributed by atoms with Crippen LogP contribution in [-0.4, -0.2) is 67.2 Å². The Morgan fingerprint density at radius 3 is 2.34 bits per heavy atom. The molecule has 3 aromatic rings. The predicted molar refractivity (Wildman–Crippen MR) is 137 cm³/mol. The maximum atomic E-state index is 14.2. The summed E-state index contributed by atoms with van der Waals surface area (Å²) in [6, 6.07) is 12.0. The number of carbonyl (C=O) groups is 1. The molecule has 2 aliphatic heterocycles. The van der Waals surface area contributed by atoms with E-state index < -0.39 is 24.2 Å². The van der Waals surface area contributed by atoms with Gasteiger partial charge in [-0.15, -0.1) is 0 Å². The Hall–Kier alpha value is -3.60. The second kappa shape index (κ2) is 10.3. The normalized spacial score (nSPS) is 19.5. The molecule has 1 fully saturated rings. The number of anilines is 2. The van der Waals surface area contributed by atoms with Crippen molar-refractivity contribution in [2.24, 2.45) is 0 Å². The molecule has 202 valence electrons. The van der Waals surface area contributed by atoms with E-state index in [2.05, 4.69) is 15.3 Å². The molecule has 1 aromatic heterocycles. The number of fused-ring (bicyclic) bond motifs is 1. The van der Waals surface area contributed by atoms with Crippen LogP contribution < -0.4 is 19.7 Å². The van der Waals surface area contributed by atoms with Crippen LogP contribution in [0.25, 0.3) is 0 Å². The first-order chi connectivity index (χ1) is 18.2. The number of nitrogens with zero attached hydrogens (tertiary/aromatic N) is 4. The Bertz CT molecular complexity index is 1310. The third-order valence-electron chi connectivity index (χ3n) is 7.00. The molecule has 3 heterocycles. The number of hydrogen-bond acceptors (Lipinski definition) is 6. The first-order valence-corrected chi connectivity index (χ1v) is 12.5. The van der Waals surface area contributed by atoms with Crippen molar-refractivity contribution in [3.05, 3.63) is 64.8 Å². The molecule has 8 nitrogen and oxygen atoms in total. The van der Waals surface area contributed by atoms with Crippen LogP contribution in [0.3, 0.4) is 0 Å². The lowest BCUT2D eigenvalue weighted by Crippen LogP contribution is -2.49. The molecule has 0 aliphatic carbocycles. The van der Waals surface area contributed by atoms with E-state index in [1.54, 1.807) is 23.1 Å². The highest BCUT2D eigenvalue weighted by Crippen LogP contribution is 2.47. The van der Waals surface area contributed by atoms with Gasteiger partial charge in [0.1, 0.15) is 10.8 Å². The fourth-order valence-electron chi connectivity index (χ4n) is 4.97. The fraction of sp³-hybridized carbons (Fsp3) is 0.385. The topological polar surface area (TPSA) is 71.9 Å². The molecule has 0 saturated carbocycles. The van der Waals surface area contributed by atoms with E-state index in [-0.39, 0.29) is 23.0 Å². The van der Waals surface area contributed by atoms with Gasteiger partial charge in [0.15, 0.2) is 23.2 Å². The second-order valence-corrected chi connectivity index (χ2v) is 9.55. The van der Waals surface area contributed by atoms with Gasteiger partial charge in [-0.05, 0) is 29.8 Å². The van der Waals surface area contributed by atoms with E-state index in [9.17, 15) is 18.0 Å². The molecule has 0 radical (unpaired) electrons. The van der Waals surface area contributed by atoms with Gasteiger partial charge in [0.05, 0.1) is 20.3 Å². The van der Waals surface area contributed by atoms with Crippen molar-refractivity contribution in [3.8, 4) is 11.5 Å². The minimum absolute atomic E-state index is 0.0358. The van der Waals surface area contributed by atoms with Crippen LogP contribution in [0.4, 0.5) is 24.7 Å². The monoisotopic (exact) mass is 549 g/mol. The van der Waals surface area contributed by atoms with Crippen LogP contribution in [-0.2, 0) is 0 Å². The average Bonchev–Trinajstić information content (AvgIpc) is 3.27. The van der Waals surface area contributed by atoms with Crippen LogP contribution in [0.15, 0.2) is 48.5 Å². The standard InChI is InChI=1S/C26H27ClF3N5O3/c1-37-19-9-8-16(14-20(19)38-2)18-15-21(26(28,29)30)35-24(31-18)22(27)23(32-35)25(36)34-12-10-33(11-13-34)17-6-4-3-5-7-17/h3-9,14,18,21,31H,10-13,15H2,1-2H3/t18-,21+/m1/s1. The van der Waals surface area contributed by atoms with Crippen LogP contribution in [0.5, 0.6) is 11.5 Å². The van der Waals surface area contributed by atoms with Gasteiger partial charge in [-0.2, -0.15) is 18.3 Å². The minimum atomic E-state index is -4.61. The summed E-state index contributed by atoms with van der Waals surface area (Å²) < 4.78 is 54.0. The van der Waals surface area contributed by atoms with Gasteiger partial charge < -0.3 is 24.6 Å². The van der Waals surface area contributed by atoms with E-state index in [0.717, 1.165) is 10.4 Å². The van der Waals surface area contributed by atoms with Gasteiger partial charge in [0.25, 0.3) is 5.91 Å². The third kappa shape index (κ3) is 4.82. The highest BCUT2D eigenvalue weighted by atomic mass is 35.5. The zero-order chi connectivity index (χ0) is 27.0. The quantitative estimate of drug-likeness (QED) is 0.473. The lowest BCUT2D eigenvalue weighted by molar-refractivity contribution is -0.173. The number of rotatable bonds is 5. The molecule has 5 rings (SSSR count). The molecule has 2 atom stereocenters. The fourth-order valence-corrected chi connectivity index (χ4v) is 5.23. The number of hydrogen-bond donors (Lipinski definition) is 1. The molecule has 38 heavy (non-hydrogen) atoms. The van der Waals surface area contributed by atoms with Crippen LogP contribution in [0.1, 0.15) is 34.6 Å². The number of alkyl halides is 3. The largest absolute Gasteiger partial charge is 0.493 e. The van der Waals surface area contributed by atoms with Crippen LogP contribution in [0, 0.1) is 0 Å². The molecule has 1 saturated heterocycles. The summed E-state index contributed by atoms with van der Waals surface area (Å²) in [4.78, 5) is 17.1. The first-order valence-electron chi connectivity index (χ1n) is 12.1. The number of carbonyl (C=O) groups excluding carboxylic acids is 1. The Balaban J connectivity index is 1.41. The van der Waals surface area contributed by atoms with Crippen LogP contribution in [0.2, 0.25) is 5.02 Å². The minimum Gasteiger partial charge on any atom is -0.493 e. The van der Waals surface area contributed by atoms with Gasteiger partial charge in [-0.3, -0.25) is 4.79 Å². The van der Waals surface area contributed by atoms with E-state index in [4.69, 9.17) is 21.1 Å². The maximum Gasteiger partial charge on any atom is 0.410 e. The summed E-state index contributed by atoms with van der Waals surface area (Å²) in [7, 11) is 2.94. The number of methoxy groups -OCH3 is 2. The number of para-hydroxylation sites is 1. The zero-order valence-corrected chi connectivity index (χ0v) is 21.6. The Labute approximate surface area is 222 Å². The van der Waals surface area contributed by atoms with Gasteiger partial charge in [-0.1, -0.05) is 35.9 Å².